The molecule has 0 rings (SSSR count). The average molecular weight is 163 g/mol. The largest absolute Gasteiger partial charge is 0.394 e. The molecule has 1 unspecified atom stereocenters. The molecule has 0 fully saturated rings. The summed E-state index contributed by atoms with van der Waals surface area (Å²) >= 11 is 0. The van der Waals surface area contributed by atoms with Crippen molar-refractivity contribution in [2.75, 3.05) is 33.5 Å². The second kappa shape index (κ2) is 5.49. The molecule has 11 heavy (non-hydrogen) atoms. The van der Waals surface area contributed by atoms with Gasteiger partial charge in [-0.25, -0.2) is 0 Å². The monoisotopic (exact) mass is 163 g/mol. The number of aliphatic hydroxyl groups is 1. The van der Waals surface area contributed by atoms with E-state index in [1.54, 1.807) is 7.11 Å². The van der Waals surface area contributed by atoms with Gasteiger partial charge in [0.25, 0.3) is 0 Å². The van der Waals surface area contributed by atoms with E-state index in [4.69, 9.17) is 20.3 Å². The molecule has 68 valence electrons. The van der Waals surface area contributed by atoms with E-state index in [9.17, 15) is 0 Å². The SMILES string of the molecule is COCC(C)(CN)OCCO. The number of ether oxygens (including phenoxy) is 2. The topological polar surface area (TPSA) is 64.7 Å². The van der Waals surface area contributed by atoms with Gasteiger partial charge in [-0.2, -0.15) is 0 Å². The van der Waals surface area contributed by atoms with Gasteiger partial charge in [0.15, 0.2) is 0 Å². The van der Waals surface area contributed by atoms with Gasteiger partial charge in [-0.15, -0.1) is 0 Å². The summed E-state index contributed by atoms with van der Waals surface area (Å²) in [4.78, 5) is 0. The van der Waals surface area contributed by atoms with E-state index < -0.39 is 5.60 Å². The van der Waals surface area contributed by atoms with Gasteiger partial charge in [0.1, 0.15) is 5.60 Å². The van der Waals surface area contributed by atoms with E-state index in [-0.39, 0.29) is 6.61 Å². The van der Waals surface area contributed by atoms with E-state index in [0.717, 1.165) is 0 Å². The highest BCUT2D eigenvalue weighted by atomic mass is 16.5. The van der Waals surface area contributed by atoms with Crippen LogP contribution >= 0.6 is 0 Å². The summed E-state index contributed by atoms with van der Waals surface area (Å²) in [7, 11) is 1.59. The highest BCUT2D eigenvalue weighted by molar-refractivity contribution is 4.75. The van der Waals surface area contributed by atoms with Crippen molar-refractivity contribution in [2.45, 2.75) is 12.5 Å². The molecule has 0 aliphatic rings. The number of nitrogens with two attached hydrogens (primary N) is 1. The van der Waals surface area contributed by atoms with Gasteiger partial charge in [-0.3, -0.25) is 0 Å². The molecule has 0 saturated heterocycles. The van der Waals surface area contributed by atoms with Gasteiger partial charge < -0.3 is 20.3 Å². The van der Waals surface area contributed by atoms with Crippen LogP contribution in [-0.4, -0.2) is 44.2 Å². The van der Waals surface area contributed by atoms with E-state index >= 15 is 0 Å². The number of aliphatic hydroxyl groups excluding tert-OH is 1. The molecule has 1 atom stereocenters. The summed E-state index contributed by atoms with van der Waals surface area (Å²) in [5.74, 6) is 0. The highest BCUT2D eigenvalue weighted by Crippen LogP contribution is 2.07. The van der Waals surface area contributed by atoms with Gasteiger partial charge in [0.2, 0.25) is 0 Å². The van der Waals surface area contributed by atoms with Crippen molar-refractivity contribution in [1.29, 1.82) is 0 Å². The molecule has 0 aliphatic carbocycles. The second-order valence-electron chi connectivity index (χ2n) is 2.66. The van der Waals surface area contributed by atoms with Crippen molar-refractivity contribution in [3.63, 3.8) is 0 Å². The molecule has 0 bridgehead atoms. The van der Waals surface area contributed by atoms with Gasteiger partial charge in [-0.1, -0.05) is 0 Å². The van der Waals surface area contributed by atoms with Crippen LogP contribution in [0.2, 0.25) is 0 Å². The van der Waals surface area contributed by atoms with Crippen LogP contribution in [0.15, 0.2) is 0 Å². The summed E-state index contributed by atoms with van der Waals surface area (Å²) in [6.45, 7) is 3.01. The first-order valence-corrected chi connectivity index (χ1v) is 3.62. The van der Waals surface area contributed by atoms with Crippen molar-refractivity contribution in [2.24, 2.45) is 5.73 Å². The summed E-state index contributed by atoms with van der Waals surface area (Å²) in [5.41, 5.74) is 4.99. The van der Waals surface area contributed by atoms with Crippen LogP contribution in [0.3, 0.4) is 0 Å². The predicted molar refractivity (Wildman–Crippen MR) is 42.4 cm³/mol. The molecule has 0 heterocycles. The molecule has 0 aromatic rings. The van der Waals surface area contributed by atoms with Crippen LogP contribution in [0.5, 0.6) is 0 Å². The Labute approximate surface area is 67.3 Å². The Hall–Kier alpha value is -0.160. The predicted octanol–water partition coefficient (Wildman–Crippen LogP) is -0.641. The first-order valence-electron chi connectivity index (χ1n) is 3.62. The molecule has 0 aromatic carbocycles. The zero-order chi connectivity index (χ0) is 8.74. The zero-order valence-corrected chi connectivity index (χ0v) is 7.17. The van der Waals surface area contributed by atoms with Crippen LogP contribution in [0.4, 0.5) is 0 Å². The van der Waals surface area contributed by atoms with Gasteiger partial charge >= 0.3 is 0 Å². The summed E-state index contributed by atoms with van der Waals surface area (Å²) in [5, 5.41) is 8.49. The highest BCUT2D eigenvalue weighted by Gasteiger charge is 2.22. The number of methoxy groups -OCH3 is 1. The minimum absolute atomic E-state index is 0.0132. The van der Waals surface area contributed by atoms with Crippen molar-refractivity contribution in [3.8, 4) is 0 Å². The Balaban J connectivity index is 3.68. The molecule has 0 radical (unpaired) electrons. The molecule has 0 aromatic heterocycles. The minimum atomic E-state index is -0.461. The van der Waals surface area contributed by atoms with Crippen LogP contribution in [0, 0.1) is 0 Å². The molecule has 0 spiro atoms. The van der Waals surface area contributed by atoms with E-state index in [1.165, 1.54) is 0 Å². The molecule has 4 heteroatoms. The third-order valence-corrected chi connectivity index (χ3v) is 1.42. The molecule has 0 aliphatic heterocycles. The molecule has 0 saturated carbocycles. The Morgan fingerprint density at radius 2 is 2.18 bits per heavy atom. The van der Waals surface area contributed by atoms with Crippen LogP contribution < -0.4 is 5.73 Å². The first kappa shape index (κ1) is 10.8. The van der Waals surface area contributed by atoms with Crippen molar-refractivity contribution >= 4 is 0 Å². The Kier molecular flexibility index (Phi) is 5.41. The molecule has 0 amide bonds. The molecule has 4 nitrogen and oxygen atoms in total. The molecular formula is C7H17NO3. The summed E-state index contributed by atoms with van der Waals surface area (Å²) < 4.78 is 10.2. The zero-order valence-electron chi connectivity index (χ0n) is 7.17. The third-order valence-electron chi connectivity index (χ3n) is 1.42. The van der Waals surface area contributed by atoms with Crippen molar-refractivity contribution < 1.29 is 14.6 Å². The van der Waals surface area contributed by atoms with Gasteiger partial charge in [0, 0.05) is 13.7 Å². The normalized spacial score (nSPS) is 16.4. The van der Waals surface area contributed by atoms with E-state index in [2.05, 4.69) is 0 Å². The maximum atomic E-state index is 8.49. The van der Waals surface area contributed by atoms with Crippen LogP contribution in [-0.2, 0) is 9.47 Å². The standard InChI is InChI=1S/C7H17NO3/c1-7(5-8,6-10-2)11-4-3-9/h9H,3-6,8H2,1-2H3. The van der Waals surface area contributed by atoms with Crippen LogP contribution in [0.25, 0.3) is 0 Å². The smallest absolute Gasteiger partial charge is 0.101 e. The number of hydrogen-bond acceptors (Lipinski definition) is 4. The Morgan fingerprint density at radius 3 is 2.55 bits per heavy atom. The van der Waals surface area contributed by atoms with Gasteiger partial charge in [-0.05, 0) is 6.92 Å². The summed E-state index contributed by atoms with van der Waals surface area (Å²) in [6, 6.07) is 0. The lowest BCUT2D eigenvalue weighted by Gasteiger charge is -2.26. The van der Waals surface area contributed by atoms with Crippen molar-refractivity contribution in [1.82, 2.24) is 0 Å². The number of rotatable bonds is 6. The average Bonchev–Trinajstić information content (AvgIpc) is 2.02. The van der Waals surface area contributed by atoms with E-state index in [0.29, 0.717) is 19.8 Å². The maximum Gasteiger partial charge on any atom is 0.101 e. The Morgan fingerprint density at radius 1 is 1.55 bits per heavy atom. The molecule has 3 N–H and O–H groups in total. The first-order chi connectivity index (χ1) is 5.18. The fraction of sp³-hybridized carbons (Fsp3) is 1.00. The fourth-order valence-electron chi connectivity index (χ4n) is 0.757. The lowest BCUT2D eigenvalue weighted by molar-refractivity contribution is -0.0795. The third kappa shape index (κ3) is 4.31. The second-order valence-corrected chi connectivity index (χ2v) is 2.66. The number of hydrogen-bond donors (Lipinski definition) is 2. The lowest BCUT2D eigenvalue weighted by Crippen LogP contribution is -2.42. The molecular weight excluding hydrogens is 146 g/mol. The maximum absolute atomic E-state index is 8.49. The van der Waals surface area contributed by atoms with Crippen molar-refractivity contribution in [3.05, 3.63) is 0 Å². The fourth-order valence-corrected chi connectivity index (χ4v) is 0.757. The minimum Gasteiger partial charge on any atom is -0.394 e. The Bertz CT molecular complexity index is 99.7. The quantitative estimate of drug-likeness (QED) is 0.546. The van der Waals surface area contributed by atoms with Crippen LogP contribution in [0.1, 0.15) is 6.92 Å². The van der Waals surface area contributed by atoms with E-state index in [1.807, 2.05) is 6.92 Å². The lowest BCUT2D eigenvalue weighted by atomic mass is 10.1. The van der Waals surface area contributed by atoms with Gasteiger partial charge in [0.05, 0.1) is 19.8 Å². The summed E-state index contributed by atoms with van der Waals surface area (Å²) in [6.07, 6.45) is 0.